The number of aliphatic carboxylic acids is 1. The summed E-state index contributed by atoms with van der Waals surface area (Å²) in [6.45, 7) is 3.86. The molecule has 2 heterocycles. The van der Waals surface area contributed by atoms with Crippen molar-refractivity contribution in [3.05, 3.63) is 22.7 Å². The quantitative estimate of drug-likeness (QED) is 0.675. The zero-order chi connectivity index (χ0) is 18.1. The predicted octanol–water partition coefficient (Wildman–Crippen LogP) is 0.653. The maximum atomic E-state index is 11.9. The van der Waals surface area contributed by atoms with Crippen LogP contribution < -0.4 is 11.0 Å². The monoisotopic (exact) mass is 359 g/mol. The Hall–Kier alpha value is -1.91. The molecule has 1 aromatic heterocycles. The Labute approximate surface area is 143 Å². The van der Waals surface area contributed by atoms with Crippen molar-refractivity contribution in [2.45, 2.75) is 38.4 Å². The Morgan fingerprint density at radius 1 is 1.46 bits per heavy atom. The lowest BCUT2D eigenvalue weighted by atomic mass is 10.3. The maximum Gasteiger partial charge on any atom is 0.351 e. The smallest absolute Gasteiger partial charge is 0.351 e. The molecule has 1 fully saturated rings. The molecule has 1 amide bonds. The van der Waals surface area contributed by atoms with Crippen LogP contribution in [0.2, 0.25) is 0 Å². The molecule has 9 nitrogen and oxygen atoms in total. The van der Waals surface area contributed by atoms with Crippen molar-refractivity contribution in [3.8, 4) is 0 Å². The van der Waals surface area contributed by atoms with E-state index < -0.39 is 23.8 Å². The molecule has 2 atom stereocenters. The van der Waals surface area contributed by atoms with Gasteiger partial charge >= 0.3 is 11.7 Å². The minimum Gasteiger partial charge on any atom is -0.481 e. The lowest BCUT2D eigenvalue weighted by Gasteiger charge is -2.13. The van der Waals surface area contributed by atoms with Gasteiger partial charge in [-0.15, -0.1) is 11.8 Å². The minimum atomic E-state index is -1.08. The number of hydrogen-bond acceptors (Lipinski definition) is 7. The summed E-state index contributed by atoms with van der Waals surface area (Å²) >= 11 is 1.39. The highest BCUT2D eigenvalue weighted by Crippen LogP contribution is 2.30. The second-order valence-electron chi connectivity index (χ2n) is 4.48. The van der Waals surface area contributed by atoms with Gasteiger partial charge in [-0.2, -0.15) is 4.98 Å². The first-order valence-electron chi connectivity index (χ1n) is 7.48. The van der Waals surface area contributed by atoms with Gasteiger partial charge in [0.25, 0.3) is 0 Å². The molecule has 2 rings (SSSR count). The van der Waals surface area contributed by atoms with Gasteiger partial charge in [0.05, 0.1) is 13.0 Å². The number of amides is 1. The van der Waals surface area contributed by atoms with Crippen molar-refractivity contribution < 1.29 is 24.5 Å². The maximum absolute atomic E-state index is 11.9. The standard InChI is InChI=1S/C12H15N3O6S.C2H6/c16-5-11-21-9(6-22-11)15-4-3-7(14-12(15)20)13-8(17)1-2-10(18)19;1-2/h3-4,9,11,16H,1-2,5-6H2,(H,18,19)(H,13,14,17,20);1-2H3/t9?,11-;/m0./s1. The third-order valence-corrected chi connectivity index (χ3v) is 3.97. The van der Waals surface area contributed by atoms with Crippen LogP contribution in [0.1, 0.15) is 32.9 Å². The summed E-state index contributed by atoms with van der Waals surface area (Å²) in [5.41, 5.74) is -0.965. The van der Waals surface area contributed by atoms with E-state index in [-0.39, 0.29) is 30.7 Å². The van der Waals surface area contributed by atoms with Crippen molar-refractivity contribution in [2.24, 2.45) is 0 Å². The summed E-state index contributed by atoms with van der Waals surface area (Å²) in [4.78, 5) is 37.5. The minimum absolute atomic E-state index is 0.0565. The van der Waals surface area contributed by atoms with Crippen LogP contribution in [-0.4, -0.2) is 49.4 Å². The Kier molecular flexibility index (Phi) is 8.44. The molecule has 1 unspecified atom stereocenters. The van der Waals surface area contributed by atoms with Gasteiger partial charge in [-0.25, -0.2) is 4.79 Å². The Bertz CT molecular complexity index is 621. The molecule has 1 aliphatic heterocycles. The summed E-state index contributed by atoms with van der Waals surface area (Å²) < 4.78 is 6.72. The van der Waals surface area contributed by atoms with E-state index in [1.165, 1.54) is 28.6 Å². The van der Waals surface area contributed by atoms with Crippen molar-refractivity contribution in [2.75, 3.05) is 17.7 Å². The largest absolute Gasteiger partial charge is 0.481 e. The van der Waals surface area contributed by atoms with Gasteiger partial charge < -0.3 is 20.3 Å². The molecular weight excluding hydrogens is 338 g/mol. The van der Waals surface area contributed by atoms with E-state index in [0.29, 0.717) is 5.75 Å². The summed E-state index contributed by atoms with van der Waals surface area (Å²) in [5.74, 6) is -1.04. The van der Waals surface area contributed by atoms with E-state index in [2.05, 4.69) is 10.3 Å². The van der Waals surface area contributed by atoms with Crippen LogP contribution >= 0.6 is 11.8 Å². The number of carbonyl (C=O) groups is 2. The van der Waals surface area contributed by atoms with Crippen LogP contribution in [0.3, 0.4) is 0 Å². The Morgan fingerprint density at radius 2 is 2.17 bits per heavy atom. The van der Waals surface area contributed by atoms with Crippen LogP contribution in [0.25, 0.3) is 0 Å². The van der Waals surface area contributed by atoms with Crippen LogP contribution in [0.15, 0.2) is 17.1 Å². The Balaban J connectivity index is 0.00000139. The van der Waals surface area contributed by atoms with E-state index in [1.807, 2.05) is 13.8 Å². The fraction of sp³-hybridized carbons (Fsp3) is 0.571. The Morgan fingerprint density at radius 3 is 2.71 bits per heavy atom. The first-order valence-corrected chi connectivity index (χ1v) is 8.53. The normalized spacial score (nSPS) is 19.3. The van der Waals surface area contributed by atoms with Crippen molar-refractivity contribution in [3.63, 3.8) is 0 Å². The van der Waals surface area contributed by atoms with Crippen LogP contribution in [0.4, 0.5) is 5.82 Å². The van der Waals surface area contributed by atoms with Crippen LogP contribution in [0, 0.1) is 0 Å². The lowest BCUT2D eigenvalue weighted by molar-refractivity contribution is -0.138. The molecule has 0 aromatic carbocycles. The number of nitrogens with zero attached hydrogens (tertiary/aromatic N) is 2. The van der Waals surface area contributed by atoms with Gasteiger partial charge in [0.2, 0.25) is 5.91 Å². The van der Waals surface area contributed by atoms with Gasteiger partial charge in [0.1, 0.15) is 17.5 Å². The average molecular weight is 359 g/mol. The summed E-state index contributed by atoms with van der Waals surface area (Å²) in [6.07, 6.45) is 0.436. The van der Waals surface area contributed by atoms with E-state index in [9.17, 15) is 14.4 Å². The second kappa shape index (κ2) is 10.1. The van der Waals surface area contributed by atoms with E-state index in [0.717, 1.165) is 0 Å². The fourth-order valence-electron chi connectivity index (χ4n) is 1.81. The predicted molar refractivity (Wildman–Crippen MR) is 88.8 cm³/mol. The molecule has 0 aliphatic carbocycles. The molecule has 134 valence electrons. The summed E-state index contributed by atoms with van der Waals surface area (Å²) in [7, 11) is 0. The lowest BCUT2D eigenvalue weighted by Crippen LogP contribution is -2.29. The van der Waals surface area contributed by atoms with Gasteiger partial charge in [0.15, 0.2) is 0 Å². The number of aliphatic hydroxyl groups is 1. The molecule has 1 saturated heterocycles. The SMILES string of the molecule is CC.O=C(O)CCC(=O)Nc1ccn(C2CS[C@@H](CO)O2)c(=O)n1. The van der Waals surface area contributed by atoms with Crippen molar-refractivity contribution in [1.29, 1.82) is 0 Å². The number of anilines is 1. The van der Waals surface area contributed by atoms with Crippen LogP contribution in [0.5, 0.6) is 0 Å². The number of nitrogens with one attached hydrogen (secondary N) is 1. The molecule has 10 heteroatoms. The van der Waals surface area contributed by atoms with Crippen molar-refractivity contribution in [1.82, 2.24) is 9.55 Å². The summed E-state index contributed by atoms with van der Waals surface area (Å²) in [6, 6.07) is 1.43. The first-order chi connectivity index (χ1) is 11.5. The second-order valence-corrected chi connectivity index (χ2v) is 5.67. The number of hydrogen-bond donors (Lipinski definition) is 3. The van der Waals surface area contributed by atoms with Crippen LogP contribution in [-0.2, 0) is 14.3 Å². The highest BCUT2D eigenvalue weighted by Gasteiger charge is 2.27. The average Bonchev–Trinajstić information content (AvgIpc) is 3.04. The van der Waals surface area contributed by atoms with E-state index >= 15 is 0 Å². The van der Waals surface area contributed by atoms with Gasteiger partial charge in [0, 0.05) is 18.4 Å². The first kappa shape index (κ1) is 20.1. The molecule has 1 aliphatic rings. The molecule has 24 heavy (non-hydrogen) atoms. The van der Waals surface area contributed by atoms with Gasteiger partial charge in [-0.1, -0.05) is 13.8 Å². The third kappa shape index (κ3) is 5.95. The molecule has 0 radical (unpaired) electrons. The zero-order valence-corrected chi connectivity index (χ0v) is 14.3. The molecule has 3 N–H and O–H groups in total. The summed E-state index contributed by atoms with van der Waals surface area (Å²) in [5, 5.41) is 19.8. The number of aromatic nitrogens is 2. The molecule has 0 saturated carbocycles. The van der Waals surface area contributed by atoms with Gasteiger partial charge in [-0.05, 0) is 6.07 Å². The highest BCUT2D eigenvalue weighted by atomic mass is 32.2. The van der Waals surface area contributed by atoms with Crippen molar-refractivity contribution >= 4 is 29.5 Å². The van der Waals surface area contributed by atoms with E-state index in [1.54, 1.807) is 0 Å². The number of carbonyl (C=O) groups excluding carboxylic acids is 1. The number of carboxylic acids is 1. The molecule has 0 spiro atoms. The zero-order valence-electron chi connectivity index (χ0n) is 13.5. The topological polar surface area (TPSA) is 131 Å². The third-order valence-electron chi connectivity index (χ3n) is 2.86. The molecule has 0 bridgehead atoms. The number of rotatable bonds is 6. The highest BCUT2D eigenvalue weighted by molar-refractivity contribution is 8.00. The number of ether oxygens (including phenoxy) is 1. The number of carboxylic acid groups (broad SMARTS) is 1. The number of aliphatic hydroxyl groups excluding tert-OH is 1. The molecule has 1 aromatic rings. The molecular formula is C14H21N3O6S. The fourth-order valence-corrected chi connectivity index (χ4v) is 2.74. The number of thioether (sulfide) groups is 1. The van der Waals surface area contributed by atoms with Gasteiger partial charge in [-0.3, -0.25) is 14.2 Å². The van der Waals surface area contributed by atoms with E-state index in [4.69, 9.17) is 14.9 Å².